The van der Waals surface area contributed by atoms with Crippen LogP contribution in [0.3, 0.4) is 0 Å². The molecule has 2 aliphatic rings. The molecule has 1 fully saturated rings. The van der Waals surface area contributed by atoms with Gasteiger partial charge < -0.3 is 14.9 Å². The van der Waals surface area contributed by atoms with Crippen LogP contribution >= 0.6 is 0 Å². The van der Waals surface area contributed by atoms with Crippen LogP contribution in [-0.4, -0.2) is 30.0 Å². The van der Waals surface area contributed by atoms with Gasteiger partial charge in [-0.15, -0.1) is 0 Å². The third kappa shape index (κ3) is 5.54. The number of rotatable bonds is 5. The summed E-state index contributed by atoms with van der Waals surface area (Å²) in [5, 5.41) is 9.83. The fourth-order valence-electron chi connectivity index (χ4n) is 5.56. The molecule has 8 heteroatoms. The van der Waals surface area contributed by atoms with Crippen molar-refractivity contribution in [1.29, 1.82) is 0 Å². The Morgan fingerprint density at radius 1 is 0.895 bits per heavy atom. The third-order valence-corrected chi connectivity index (χ3v) is 7.37. The highest BCUT2D eigenvalue weighted by molar-refractivity contribution is 6.04. The number of anilines is 2. The molecule has 3 aromatic carbocycles. The van der Waals surface area contributed by atoms with Gasteiger partial charge in [0.05, 0.1) is 23.7 Å². The number of para-hydroxylation sites is 2. The first-order valence-electron chi connectivity index (χ1n) is 13.0. The lowest BCUT2D eigenvalue weighted by atomic mass is 9.89. The number of benzene rings is 3. The van der Waals surface area contributed by atoms with Crippen LogP contribution < -0.4 is 9.80 Å². The summed E-state index contributed by atoms with van der Waals surface area (Å²) in [6.07, 6.45) is -1.26. The summed E-state index contributed by atoms with van der Waals surface area (Å²) in [5.41, 5.74) is 2.06. The summed E-state index contributed by atoms with van der Waals surface area (Å²) in [4.78, 5) is 21.1. The van der Waals surface area contributed by atoms with Crippen LogP contribution in [0.25, 0.3) is 0 Å². The minimum atomic E-state index is -4.51. The zero-order valence-electron chi connectivity index (χ0n) is 20.9. The highest BCUT2D eigenvalue weighted by Gasteiger charge is 2.38. The van der Waals surface area contributed by atoms with E-state index in [1.807, 2.05) is 42.5 Å². The summed E-state index contributed by atoms with van der Waals surface area (Å²) in [6.45, 7) is 1.71. The quantitative estimate of drug-likeness (QED) is 0.378. The molecule has 5 nitrogen and oxygen atoms in total. The van der Waals surface area contributed by atoms with E-state index >= 15 is 0 Å². The van der Waals surface area contributed by atoms with E-state index in [-0.39, 0.29) is 12.3 Å². The van der Waals surface area contributed by atoms with Gasteiger partial charge in [-0.25, -0.2) is 4.99 Å². The first-order chi connectivity index (χ1) is 18.3. The Labute approximate surface area is 220 Å². The molecule has 2 atom stereocenters. The standard InChI is InChI=1S/C30H30F3N3O2/c31-30(32,33)22-10-8-13-24(19-22)36-27(20-28(37)38)25-14-4-5-15-26(25)34-29(36)21-9-6-7-17-35(18-16-21)23-11-2-1-3-12-23/h1-5,8,10-15,19,21,27H,6-7,9,16-18,20H2,(H,37,38). The number of aliphatic carboxylic acids is 1. The molecule has 0 bridgehead atoms. The molecule has 5 rings (SSSR count). The normalized spacial score (nSPS) is 20.2. The van der Waals surface area contributed by atoms with E-state index in [4.69, 9.17) is 4.99 Å². The summed E-state index contributed by atoms with van der Waals surface area (Å²) in [5.74, 6) is -0.416. The van der Waals surface area contributed by atoms with Gasteiger partial charge in [0.2, 0.25) is 0 Å². The van der Waals surface area contributed by atoms with Crippen molar-refractivity contribution in [1.82, 2.24) is 0 Å². The lowest BCUT2D eigenvalue weighted by Crippen LogP contribution is -2.44. The Morgan fingerprint density at radius 2 is 1.63 bits per heavy atom. The second-order valence-corrected chi connectivity index (χ2v) is 9.86. The Balaban J connectivity index is 1.57. The van der Waals surface area contributed by atoms with Crippen LogP contribution in [-0.2, 0) is 11.0 Å². The fraction of sp³-hybridized carbons (Fsp3) is 0.333. The van der Waals surface area contributed by atoms with Gasteiger partial charge in [0.15, 0.2) is 0 Å². The third-order valence-electron chi connectivity index (χ3n) is 7.37. The van der Waals surface area contributed by atoms with Crippen LogP contribution in [0.2, 0.25) is 0 Å². The van der Waals surface area contributed by atoms with E-state index in [1.54, 1.807) is 11.0 Å². The number of hydrogen-bond donors (Lipinski definition) is 1. The molecule has 198 valence electrons. The predicted octanol–water partition coefficient (Wildman–Crippen LogP) is 7.47. The first-order valence-corrected chi connectivity index (χ1v) is 13.0. The van der Waals surface area contributed by atoms with Crippen molar-refractivity contribution in [3.05, 3.63) is 90.0 Å². The van der Waals surface area contributed by atoms with E-state index in [2.05, 4.69) is 17.0 Å². The van der Waals surface area contributed by atoms with Crippen LogP contribution in [0.1, 0.15) is 49.3 Å². The lowest BCUT2D eigenvalue weighted by molar-refractivity contribution is -0.138. The average molecular weight is 522 g/mol. The van der Waals surface area contributed by atoms with Gasteiger partial charge in [0.1, 0.15) is 5.84 Å². The smallest absolute Gasteiger partial charge is 0.416 e. The van der Waals surface area contributed by atoms with Gasteiger partial charge in [-0.2, -0.15) is 13.2 Å². The number of carbonyl (C=O) groups is 1. The Morgan fingerprint density at radius 3 is 2.39 bits per heavy atom. The van der Waals surface area contributed by atoms with Crippen LogP contribution in [0, 0.1) is 5.92 Å². The van der Waals surface area contributed by atoms with Crippen LogP contribution in [0.4, 0.5) is 30.2 Å². The molecule has 0 amide bonds. The molecule has 0 aromatic heterocycles. The SMILES string of the molecule is O=C(O)CC1c2ccccc2N=C(C2CCCCN(c3ccccc3)CC2)N1c1cccc(C(F)(F)F)c1. The maximum absolute atomic E-state index is 13.7. The highest BCUT2D eigenvalue weighted by Crippen LogP contribution is 2.43. The molecule has 0 aliphatic carbocycles. The number of amidine groups is 1. The molecule has 2 aliphatic heterocycles. The van der Waals surface area contributed by atoms with Gasteiger partial charge in [-0.05, 0) is 55.7 Å². The van der Waals surface area contributed by atoms with Crippen molar-refractivity contribution in [3.8, 4) is 0 Å². The molecule has 2 unspecified atom stereocenters. The van der Waals surface area contributed by atoms with Crippen molar-refractivity contribution >= 4 is 28.9 Å². The van der Waals surface area contributed by atoms with Crippen molar-refractivity contribution in [3.63, 3.8) is 0 Å². The molecule has 1 saturated heterocycles. The minimum Gasteiger partial charge on any atom is -0.481 e. The van der Waals surface area contributed by atoms with Gasteiger partial charge in [-0.3, -0.25) is 4.79 Å². The maximum Gasteiger partial charge on any atom is 0.416 e. The molecule has 0 spiro atoms. The van der Waals surface area contributed by atoms with Crippen LogP contribution in [0.15, 0.2) is 83.9 Å². The van der Waals surface area contributed by atoms with E-state index in [9.17, 15) is 23.1 Å². The van der Waals surface area contributed by atoms with E-state index in [0.29, 0.717) is 22.8 Å². The monoisotopic (exact) mass is 521 g/mol. The Bertz CT molecular complexity index is 1310. The zero-order valence-corrected chi connectivity index (χ0v) is 20.9. The van der Waals surface area contributed by atoms with Crippen molar-refractivity contribution in [2.75, 3.05) is 22.9 Å². The van der Waals surface area contributed by atoms with E-state index in [1.165, 1.54) is 6.07 Å². The van der Waals surface area contributed by atoms with Crippen molar-refractivity contribution < 1.29 is 23.1 Å². The van der Waals surface area contributed by atoms with Crippen molar-refractivity contribution in [2.45, 2.75) is 44.3 Å². The molecule has 38 heavy (non-hydrogen) atoms. The molecular weight excluding hydrogens is 491 g/mol. The summed E-state index contributed by atoms with van der Waals surface area (Å²) < 4.78 is 41.1. The Hall–Kier alpha value is -3.81. The van der Waals surface area contributed by atoms with Gasteiger partial charge in [-0.1, -0.05) is 48.9 Å². The number of halogens is 3. The number of fused-ring (bicyclic) bond motifs is 1. The average Bonchev–Trinajstić information content (AvgIpc) is 2.88. The number of carboxylic acids is 1. The van der Waals surface area contributed by atoms with E-state index in [0.717, 1.165) is 56.6 Å². The number of hydrogen-bond acceptors (Lipinski definition) is 4. The lowest BCUT2D eigenvalue weighted by Gasteiger charge is -2.42. The summed E-state index contributed by atoms with van der Waals surface area (Å²) in [6, 6.07) is 22.0. The zero-order chi connectivity index (χ0) is 26.7. The predicted molar refractivity (Wildman–Crippen MR) is 143 cm³/mol. The Kier molecular flexibility index (Phi) is 7.40. The van der Waals surface area contributed by atoms with Gasteiger partial charge >= 0.3 is 12.1 Å². The topological polar surface area (TPSA) is 56.1 Å². The van der Waals surface area contributed by atoms with E-state index < -0.39 is 23.8 Å². The number of nitrogens with zero attached hydrogens (tertiary/aromatic N) is 3. The number of aliphatic imine (C=N–C) groups is 1. The second kappa shape index (κ2) is 10.9. The molecule has 2 heterocycles. The summed E-state index contributed by atoms with van der Waals surface area (Å²) >= 11 is 0. The van der Waals surface area contributed by atoms with Crippen LogP contribution in [0.5, 0.6) is 0 Å². The number of carboxylic acid groups (broad SMARTS) is 1. The largest absolute Gasteiger partial charge is 0.481 e. The number of alkyl halides is 3. The molecule has 0 saturated carbocycles. The molecule has 1 N–H and O–H groups in total. The minimum absolute atomic E-state index is 0.0410. The molecule has 3 aromatic rings. The molecular formula is C30H30F3N3O2. The highest BCUT2D eigenvalue weighted by atomic mass is 19.4. The fourth-order valence-corrected chi connectivity index (χ4v) is 5.56. The van der Waals surface area contributed by atoms with Crippen molar-refractivity contribution in [2.24, 2.45) is 10.9 Å². The molecule has 0 radical (unpaired) electrons. The first kappa shape index (κ1) is 25.8. The maximum atomic E-state index is 13.7. The summed E-state index contributed by atoms with van der Waals surface area (Å²) in [7, 11) is 0. The second-order valence-electron chi connectivity index (χ2n) is 9.86. The van der Waals surface area contributed by atoms with Gasteiger partial charge in [0, 0.05) is 35.9 Å². The van der Waals surface area contributed by atoms with Gasteiger partial charge in [0.25, 0.3) is 0 Å².